The molecule has 1 aliphatic rings. The summed E-state index contributed by atoms with van der Waals surface area (Å²) in [5.41, 5.74) is 1.65. The third-order valence-corrected chi connectivity index (χ3v) is 7.07. The topological polar surface area (TPSA) is 63.2 Å². The van der Waals surface area contributed by atoms with Crippen molar-refractivity contribution in [3.05, 3.63) is 64.6 Å². The van der Waals surface area contributed by atoms with Gasteiger partial charge in [-0.3, -0.25) is 4.79 Å². The van der Waals surface area contributed by atoms with E-state index < -0.39 is 9.84 Å². The number of sulfone groups is 1. The molecule has 1 saturated heterocycles. The van der Waals surface area contributed by atoms with E-state index >= 15 is 0 Å². The molecule has 3 rings (SSSR count). The van der Waals surface area contributed by atoms with Crippen LogP contribution in [0.2, 0.25) is 0 Å². The van der Waals surface area contributed by atoms with Gasteiger partial charge in [0.25, 0.3) is 5.91 Å². The van der Waals surface area contributed by atoms with Gasteiger partial charge in [-0.25, -0.2) is 8.42 Å². The zero-order valence-electron chi connectivity index (χ0n) is 15.1. The predicted molar refractivity (Wildman–Crippen MR) is 113 cm³/mol. The van der Waals surface area contributed by atoms with Crippen molar-refractivity contribution >= 4 is 50.1 Å². The van der Waals surface area contributed by atoms with Gasteiger partial charge in [-0.1, -0.05) is 69.0 Å². The number of nitrogens with one attached hydrogen (secondary N) is 1. The van der Waals surface area contributed by atoms with Crippen LogP contribution in [-0.4, -0.2) is 18.6 Å². The van der Waals surface area contributed by atoms with Crippen molar-refractivity contribution in [2.45, 2.75) is 36.0 Å². The van der Waals surface area contributed by atoms with Crippen LogP contribution in [-0.2, 0) is 20.0 Å². The van der Waals surface area contributed by atoms with Gasteiger partial charge in [-0.2, -0.15) is 0 Å². The highest BCUT2D eigenvalue weighted by molar-refractivity contribution is 8.26. The second-order valence-electron chi connectivity index (χ2n) is 7.20. The Morgan fingerprint density at radius 1 is 1.04 bits per heavy atom. The number of thiocarbonyl (C=S) groups is 1. The van der Waals surface area contributed by atoms with Crippen LogP contribution in [0.15, 0.2) is 63.2 Å². The second-order valence-corrected chi connectivity index (χ2v) is 10.9. The van der Waals surface area contributed by atoms with E-state index in [9.17, 15) is 13.2 Å². The van der Waals surface area contributed by atoms with E-state index in [1.807, 2.05) is 12.1 Å². The number of hydrogen-bond donors (Lipinski definition) is 1. The van der Waals surface area contributed by atoms with Crippen molar-refractivity contribution in [1.82, 2.24) is 5.32 Å². The molecule has 1 aliphatic heterocycles. The molecule has 0 bridgehead atoms. The van der Waals surface area contributed by atoms with Crippen LogP contribution >= 0.6 is 24.0 Å². The lowest BCUT2D eigenvalue weighted by molar-refractivity contribution is -0.115. The highest BCUT2D eigenvalue weighted by atomic mass is 32.2. The Balaban J connectivity index is 1.95. The number of benzene rings is 2. The SMILES string of the molecule is CC(C)(C)c1ccc(S(=O)(=O)c2cccc(C=C3SC(=S)NC3=O)c2)cc1. The molecule has 7 heteroatoms. The van der Waals surface area contributed by atoms with E-state index in [0.29, 0.717) is 14.8 Å². The van der Waals surface area contributed by atoms with Gasteiger partial charge >= 0.3 is 0 Å². The molecule has 0 spiro atoms. The molecule has 1 fully saturated rings. The summed E-state index contributed by atoms with van der Waals surface area (Å²) in [4.78, 5) is 12.7. The third-order valence-electron chi connectivity index (χ3n) is 4.14. The van der Waals surface area contributed by atoms with Crippen LogP contribution in [0, 0.1) is 0 Å². The summed E-state index contributed by atoms with van der Waals surface area (Å²) in [6.45, 7) is 6.24. The van der Waals surface area contributed by atoms with Crippen molar-refractivity contribution < 1.29 is 13.2 Å². The molecule has 0 aromatic heterocycles. The minimum absolute atomic E-state index is 0.0471. The molecule has 0 unspecified atom stereocenters. The van der Waals surface area contributed by atoms with Gasteiger partial charge in [0, 0.05) is 0 Å². The van der Waals surface area contributed by atoms with E-state index in [1.54, 1.807) is 42.5 Å². The van der Waals surface area contributed by atoms with Crippen LogP contribution in [0.3, 0.4) is 0 Å². The van der Waals surface area contributed by atoms with E-state index in [-0.39, 0.29) is 21.1 Å². The fraction of sp³-hybridized carbons (Fsp3) is 0.200. The van der Waals surface area contributed by atoms with Gasteiger partial charge < -0.3 is 5.32 Å². The number of carbonyl (C=O) groups is 1. The second kappa shape index (κ2) is 7.22. The van der Waals surface area contributed by atoms with Crippen LogP contribution in [0.5, 0.6) is 0 Å². The summed E-state index contributed by atoms with van der Waals surface area (Å²) in [6.07, 6.45) is 1.64. The molecule has 2 aromatic carbocycles. The van der Waals surface area contributed by atoms with Crippen molar-refractivity contribution in [3.8, 4) is 0 Å². The van der Waals surface area contributed by atoms with Crippen molar-refractivity contribution in [3.63, 3.8) is 0 Å². The Morgan fingerprint density at radius 3 is 2.26 bits per heavy atom. The van der Waals surface area contributed by atoms with Gasteiger partial charge in [-0.05, 0) is 46.9 Å². The van der Waals surface area contributed by atoms with Gasteiger partial charge in [0.05, 0.1) is 14.7 Å². The van der Waals surface area contributed by atoms with Crippen LogP contribution in [0.4, 0.5) is 0 Å². The molecule has 27 heavy (non-hydrogen) atoms. The highest BCUT2D eigenvalue weighted by Crippen LogP contribution is 2.29. The maximum Gasteiger partial charge on any atom is 0.263 e. The molecule has 0 saturated carbocycles. The molecule has 4 nitrogen and oxygen atoms in total. The maximum absolute atomic E-state index is 13.0. The summed E-state index contributed by atoms with van der Waals surface area (Å²) >= 11 is 6.13. The molecule has 140 valence electrons. The summed E-state index contributed by atoms with van der Waals surface area (Å²) in [7, 11) is -3.64. The summed E-state index contributed by atoms with van der Waals surface area (Å²) in [5.74, 6) is -0.268. The minimum Gasteiger partial charge on any atom is -0.307 e. The number of hydrogen-bond acceptors (Lipinski definition) is 5. The lowest BCUT2D eigenvalue weighted by Crippen LogP contribution is -2.17. The molecule has 0 atom stereocenters. The lowest BCUT2D eigenvalue weighted by atomic mass is 9.87. The summed E-state index contributed by atoms with van der Waals surface area (Å²) < 4.78 is 26.3. The Hall–Kier alpha value is -1.96. The fourth-order valence-electron chi connectivity index (χ4n) is 2.61. The Kier molecular flexibility index (Phi) is 5.29. The van der Waals surface area contributed by atoms with E-state index in [4.69, 9.17) is 12.2 Å². The normalized spacial score (nSPS) is 16.6. The standard InChI is InChI=1S/C20H19NO3S3/c1-20(2,3)14-7-9-15(10-8-14)27(23,24)16-6-4-5-13(11-16)12-17-18(22)21-19(25)26-17/h4-12H,1-3H3,(H,21,22,25). The largest absolute Gasteiger partial charge is 0.307 e. The zero-order chi connectivity index (χ0) is 19.8. The number of rotatable bonds is 3. The monoisotopic (exact) mass is 417 g/mol. The molecular formula is C20H19NO3S3. The van der Waals surface area contributed by atoms with E-state index in [1.165, 1.54) is 0 Å². The number of carbonyl (C=O) groups excluding carboxylic acids is 1. The molecule has 1 heterocycles. The predicted octanol–water partition coefficient (Wildman–Crippen LogP) is 4.31. The quantitative estimate of drug-likeness (QED) is 0.596. The average molecular weight is 418 g/mol. The smallest absolute Gasteiger partial charge is 0.263 e. The highest BCUT2D eigenvalue weighted by Gasteiger charge is 2.23. The van der Waals surface area contributed by atoms with Crippen LogP contribution in [0.1, 0.15) is 31.9 Å². The van der Waals surface area contributed by atoms with Gasteiger partial charge in [0.2, 0.25) is 9.84 Å². The Morgan fingerprint density at radius 2 is 1.70 bits per heavy atom. The van der Waals surface area contributed by atoms with Gasteiger partial charge in [-0.15, -0.1) is 0 Å². The van der Waals surface area contributed by atoms with Gasteiger partial charge in [0.15, 0.2) is 0 Å². The first-order valence-corrected chi connectivity index (χ1v) is 11.0. The first-order chi connectivity index (χ1) is 12.6. The van der Waals surface area contributed by atoms with Crippen LogP contribution in [0.25, 0.3) is 6.08 Å². The zero-order valence-corrected chi connectivity index (χ0v) is 17.6. The Labute approximate surface area is 169 Å². The molecule has 1 amide bonds. The maximum atomic E-state index is 13.0. The average Bonchev–Trinajstić information content (AvgIpc) is 2.91. The third kappa shape index (κ3) is 4.31. The van der Waals surface area contributed by atoms with Gasteiger partial charge in [0.1, 0.15) is 4.32 Å². The Bertz CT molecular complexity index is 1050. The fourth-order valence-corrected chi connectivity index (χ4v) is 4.97. The number of amides is 1. The van der Waals surface area contributed by atoms with Crippen molar-refractivity contribution in [2.24, 2.45) is 0 Å². The number of thioether (sulfide) groups is 1. The van der Waals surface area contributed by atoms with E-state index in [0.717, 1.165) is 17.3 Å². The molecule has 0 radical (unpaired) electrons. The van der Waals surface area contributed by atoms with Crippen molar-refractivity contribution in [1.29, 1.82) is 0 Å². The molecule has 1 N–H and O–H groups in total. The van der Waals surface area contributed by atoms with Crippen molar-refractivity contribution in [2.75, 3.05) is 0 Å². The molecule has 0 aliphatic carbocycles. The van der Waals surface area contributed by atoms with E-state index in [2.05, 4.69) is 26.1 Å². The summed E-state index contributed by atoms with van der Waals surface area (Å²) in [5, 5.41) is 2.54. The summed E-state index contributed by atoms with van der Waals surface area (Å²) in [6, 6.07) is 13.5. The first-order valence-electron chi connectivity index (χ1n) is 8.28. The lowest BCUT2D eigenvalue weighted by Gasteiger charge is -2.19. The first kappa shape index (κ1) is 19.8. The molecule has 2 aromatic rings. The van der Waals surface area contributed by atoms with Crippen LogP contribution < -0.4 is 5.32 Å². The molecular weight excluding hydrogens is 398 g/mol. The minimum atomic E-state index is -3.64.